The van der Waals surface area contributed by atoms with E-state index in [0.29, 0.717) is 6.42 Å². The van der Waals surface area contributed by atoms with Crippen molar-refractivity contribution in [2.75, 3.05) is 26.2 Å². The molecule has 0 bridgehead atoms. The maximum absolute atomic E-state index is 12.9. The fourth-order valence-corrected chi connectivity index (χ4v) is 3.58. The lowest BCUT2D eigenvalue weighted by Gasteiger charge is -2.27. The number of carbonyl (C=O) groups is 2. The van der Waals surface area contributed by atoms with Crippen LogP contribution in [0.4, 0.5) is 0 Å². The monoisotopic (exact) mass is 365 g/mol. The van der Waals surface area contributed by atoms with Crippen molar-refractivity contribution in [1.29, 1.82) is 0 Å². The summed E-state index contributed by atoms with van der Waals surface area (Å²) in [7, 11) is 0. The Morgan fingerprint density at radius 3 is 2.40 bits per heavy atom. The molecule has 2 amide bonds. The lowest BCUT2D eigenvalue weighted by molar-refractivity contribution is -0.136. The van der Waals surface area contributed by atoms with Gasteiger partial charge in [0.1, 0.15) is 6.04 Å². The van der Waals surface area contributed by atoms with Crippen molar-refractivity contribution in [2.24, 2.45) is 5.92 Å². The van der Waals surface area contributed by atoms with Gasteiger partial charge in [0.15, 0.2) is 0 Å². The van der Waals surface area contributed by atoms with E-state index in [4.69, 9.17) is 0 Å². The van der Waals surface area contributed by atoms with Crippen LogP contribution in [-0.4, -0.2) is 48.9 Å². The maximum Gasteiger partial charge on any atom is 0.245 e. The third kappa shape index (κ3) is 5.44. The van der Waals surface area contributed by atoms with Crippen LogP contribution >= 0.6 is 12.4 Å². The minimum absolute atomic E-state index is 0. The van der Waals surface area contributed by atoms with Crippen LogP contribution in [0.2, 0.25) is 0 Å². The van der Waals surface area contributed by atoms with Crippen LogP contribution in [0.25, 0.3) is 0 Å². The van der Waals surface area contributed by atoms with E-state index in [-0.39, 0.29) is 30.1 Å². The normalized spacial score (nSPS) is 19.1. The van der Waals surface area contributed by atoms with Gasteiger partial charge in [0.2, 0.25) is 11.8 Å². The molecule has 2 aliphatic rings. The molecule has 25 heavy (non-hydrogen) atoms. The zero-order valence-electron chi connectivity index (χ0n) is 14.6. The van der Waals surface area contributed by atoms with E-state index in [1.807, 2.05) is 35.2 Å². The van der Waals surface area contributed by atoms with Crippen LogP contribution in [0.15, 0.2) is 30.3 Å². The highest BCUT2D eigenvalue weighted by Gasteiger charge is 2.30. The van der Waals surface area contributed by atoms with Crippen LogP contribution < -0.4 is 10.6 Å². The number of amides is 2. The molecule has 2 fully saturated rings. The minimum Gasteiger partial charge on any atom is -0.344 e. The number of benzene rings is 1. The number of hydrogen-bond acceptors (Lipinski definition) is 3. The lowest BCUT2D eigenvalue weighted by Crippen LogP contribution is -2.51. The van der Waals surface area contributed by atoms with Crippen molar-refractivity contribution in [3.63, 3.8) is 0 Å². The Labute approximate surface area is 155 Å². The Bertz CT molecular complexity index is 555. The van der Waals surface area contributed by atoms with Crippen molar-refractivity contribution in [3.05, 3.63) is 35.9 Å². The first-order valence-electron chi connectivity index (χ1n) is 9.08. The lowest BCUT2D eigenvalue weighted by atomic mass is 9.96. The van der Waals surface area contributed by atoms with Gasteiger partial charge in [0, 0.05) is 25.4 Å². The number of rotatable bonds is 5. The summed E-state index contributed by atoms with van der Waals surface area (Å²) in [6.45, 7) is 3.38. The molecular formula is C19H28ClN3O2. The molecule has 0 radical (unpaired) electrons. The molecule has 2 heterocycles. The Kier molecular flexibility index (Phi) is 7.72. The quantitative estimate of drug-likeness (QED) is 0.835. The predicted octanol–water partition coefficient (Wildman–Crippen LogP) is 1.76. The Balaban J connectivity index is 0.00000225. The minimum atomic E-state index is -0.451. The summed E-state index contributed by atoms with van der Waals surface area (Å²) in [6, 6.07) is 9.49. The molecule has 5 nitrogen and oxygen atoms in total. The molecule has 2 aliphatic heterocycles. The highest BCUT2D eigenvalue weighted by molar-refractivity contribution is 5.89. The first-order valence-corrected chi connectivity index (χ1v) is 9.08. The summed E-state index contributed by atoms with van der Waals surface area (Å²) in [6.07, 6.45) is 4.38. The number of hydrogen-bond donors (Lipinski definition) is 2. The van der Waals surface area contributed by atoms with Crippen molar-refractivity contribution < 1.29 is 9.59 Å². The smallest absolute Gasteiger partial charge is 0.245 e. The molecular weight excluding hydrogens is 338 g/mol. The van der Waals surface area contributed by atoms with Crippen molar-refractivity contribution in [3.8, 4) is 0 Å². The Morgan fingerprint density at radius 1 is 1.12 bits per heavy atom. The summed E-state index contributed by atoms with van der Waals surface area (Å²) >= 11 is 0. The number of likely N-dealkylation sites (tertiary alicyclic amines) is 1. The van der Waals surface area contributed by atoms with Crippen LogP contribution in [0.5, 0.6) is 0 Å². The molecule has 1 aromatic rings. The largest absolute Gasteiger partial charge is 0.344 e. The van der Waals surface area contributed by atoms with Gasteiger partial charge in [-0.15, -0.1) is 12.4 Å². The molecule has 0 aliphatic carbocycles. The van der Waals surface area contributed by atoms with Gasteiger partial charge in [0.05, 0.1) is 0 Å². The predicted molar refractivity (Wildman–Crippen MR) is 101 cm³/mol. The van der Waals surface area contributed by atoms with Crippen molar-refractivity contribution >= 4 is 24.2 Å². The number of nitrogens with one attached hydrogen (secondary N) is 2. The molecule has 138 valence electrons. The molecule has 1 atom stereocenters. The van der Waals surface area contributed by atoms with E-state index in [1.54, 1.807) is 0 Å². The second-order valence-electron chi connectivity index (χ2n) is 6.81. The SMILES string of the molecule is Cl.O=C(NC(Cc1ccccc1)C(=O)N1CCCC1)C1CCNCC1. The molecule has 6 heteroatoms. The summed E-state index contributed by atoms with van der Waals surface area (Å²) in [4.78, 5) is 27.4. The number of halogens is 1. The fraction of sp³-hybridized carbons (Fsp3) is 0.579. The van der Waals surface area contributed by atoms with E-state index in [9.17, 15) is 9.59 Å². The van der Waals surface area contributed by atoms with Gasteiger partial charge >= 0.3 is 0 Å². The number of piperidine rings is 1. The topological polar surface area (TPSA) is 61.4 Å². The molecule has 3 rings (SSSR count). The summed E-state index contributed by atoms with van der Waals surface area (Å²) < 4.78 is 0. The highest BCUT2D eigenvalue weighted by atomic mass is 35.5. The van der Waals surface area contributed by atoms with E-state index >= 15 is 0 Å². The number of carbonyl (C=O) groups excluding carboxylic acids is 2. The molecule has 2 N–H and O–H groups in total. The first kappa shape index (κ1) is 19.7. The van der Waals surface area contributed by atoms with Crippen LogP contribution in [-0.2, 0) is 16.0 Å². The van der Waals surface area contributed by atoms with Gasteiger partial charge in [-0.1, -0.05) is 30.3 Å². The van der Waals surface area contributed by atoms with Gasteiger partial charge in [-0.05, 0) is 44.3 Å². The standard InChI is InChI=1S/C19H27N3O2.ClH/c23-18(16-8-10-20-11-9-16)21-17(14-15-6-2-1-3-7-15)19(24)22-12-4-5-13-22;/h1-3,6-7,16-17,20H,4-5,8-14H2,(H,21,23);1H. The van der Waals surface area contributed by atoms with E-state index < -0.39 is 6.04 Å². The van der Waals surface area contributed by atoms with Gasteiger partial charge < -0.3 is 15.5 Å². The molecule has 1 aromatic carbocycles. The van der Waals surface area contributed by atoms with Gasteiger partial charge in [-0.3, -0.25) is 9.59 Å². The molecule has 2 saturated heterocycles. The fourth-order valence-electron chi connectivity index (χ4n) is 3.58. The van der Waals surface area contributed by atoms with Gasteiger partial charge in [0.25, 0.3) is 0 Å². The molecule has 0 aromatic heterocycles. The van der Waals surface area contributed by atoms with Crippen LogP contribution in [0.3, 0.4) is 0 Å². The summed E-state index contributed by atoms with van der Waals surface area (Å²) in [5.74, 6) is 0.125. The third-order valence-electron chi connectivity index (χ3n) is 5.02. The molecule has 0 saturated carbocycles. The van der Waals surface area contributed by atoms with Crippen molar-refractivity contribution in [2.45, 2.75) is 38.1 Å². The summed E-state index contributed by atoms with van der Waals surface area (Å²) in [5, 5.41) is 6.33. The average Bonchev–Trinajstić information content (AvgIpc) is 3.17. The van der Waals surface area contributed by atoms with Crippen LogP contribution in [0, 0.1) is 5.92 Å². The second kappa shape index (κ2) is 9.78. The third-order valence-corrected chi connectivity index (χ3v) is 5.02. The summed E-state index contributed by atoms with van der Waals surface area (Å²) in [5.41, 5.74) is 1.08. The van der Waals surface area contributed by atoms with Gasteiger partial charge in [-0.2, -0.15) is 0 Å². The van der Waals surface area contributed by atoms with E-state index in [0.717, 1.165) is 57.4 Å². The zero-order valence-corrected chi connectivity index (χ0v) is 15.4. The highest BCUT2D eigenvalue weighted by Crippen LogP contribution is 2.15. The number of nitrogens with zero attached hydrogens (tertiary/aromatic N) is 1. The van der Waals surface area contributed by atoms with Gasteiger partial charge in [-0.25, -0.2) is 0 Å². The molecule has 0 spiro atoms. The maximum atomic E-state index is 12.9. The Morgan fingerprint density at radius 2 is 1.76 bits per heavy atom. The van der Waals surface area contributed by atoms with Crippen molar-refractivity contribution in [1.82, 2.24) is 15.5 Å². The molecule has 1 unspecified atom stereocenters. The van der Waals surface area contributed by atoms with E-state index in [2.05, 4.69) is 10.6 Å². The first-order chi connectivity index (χ1) is 11.7. The Hall–Kier alpha value is -1.59. The van der Waals surface area contributed by atoms with E-state index in [1.165, 1.54) is 0 Å². The zero-order chi connectivity index (χ0) is 16.8. The average molecular weight is 366 g/mol. The second-order valence-corrected chi connectivity index (χ2v) is 6.81. The van der Waals surface area contributed by atoms with Crippen LogP contribution in [0.1, 0.15) is 31.2 Å².